The quantitative estimate of drug-likeness (QED) is 0.405. The van der Waals surface area contributed by atoms with Gasteiger partial charge in [-0.15, -0.1) is 0 Å². The molecule has 0 saturated carbocycles. The lowest BCUT2D eigenvalue weighted by Crippen LogP contribution is -2.47. The number of likely N-dealkylation sites (tertiary alicyclic amines) is 1. The Morgan fingerprint density at radius 3 is 2.68 bits per heavy atom. The Bertz CT molecular complexity index is 602. The number of quaternary nitrogens is 1. The van der Waals surface area contributed by atoms with E-state index in [2.05, 4.69) is 18.7 Å². The van der Waals surface area contributed by atoms with Gasteiger partial charge < -0.3 is 9.22 Å². The van der Waals surface area contributed by atoms with Gasteiger partial charge in [0.2, 0.25) is 0 Å². The summed E-state index contributed by atoms with van der Waals surface area (Å²) in [5.74, 6) is 0.0167. The molecule has 0 unspecified atom stereocenters. The van der Waals surface area contributed by atoms with E-state index in [1.54, 1.807) is 0 Å². The predicted molar refractivity (Wildman–Crippen MR) is 101 cm³/mol. The van der Waals surface area contributed by atoms with E-state index in [1.165, 1.54) is 25.9 Å². The number of hydrogen-bond acceptors (Lipinski definition) is 2. The molecule has 25 heavy (non-hydrogen) atoms. The zero-order chi connectivity index (χ0) is 17.5. The summed E-state index contributed by atoms with van der Waals surface area (Å²) in [5.41, 5.74) is 1.07. The first kappa shape index (κ1) is 17.9. The van der Waals surface area contributed by atoms with Gasteiger partial charge in [0.25, 0.3) is 0 Å². The monoisotopic (exact) mass is 340 g/mol. The summed E-state index contributed by atoms with van der Waals surface area (Å²) in [4.78, 5) is 12.9. The maximum Gasteiger partial charge on any atom is 0.314 e. The van der Waals surface area contributed by atoms with Crippen molar-refractivity contribution < 1.29 is 14.0 Å². The van der Waals surface area contributed by atoms with Gasteiger partial charge in [-0.05, 0) is 30.4 Å². The van der Waals surface area contributed by atoms with Crippen molar-refractivity contribution >= 4 is 5.97 Å². The van der Waals surface area contributed by atoms with Crippen LogP contribution in [0.5, 0.6) is 0 Å². The van der Waals surface area contributed by atoms with Gasteiger partial charge in [-0.25, -0.2) is 0 Å². The second-order valence-corrected chi connectivity index (χ2v) is 7.42. The Balaban J connectivity index is 1.62. The average Bonchev–Trinajstić information content (AvgIpc) is 3.29. The SMILES string of the molecule is C=CC[N+]1(CCOC(=O)[C@H](c2ccccc2)[C@H]2C=CCC2)CCCC1. The van der Waals surface area contributed by atoms with Crippen LogP contribution in [0.3, 0.4) is 0 Å². The van der Waals surface area contributed by atoms with Crippen LogP contribution in [0.1, 0.15) is 37.2 Å². The summed E-state index contributed by atoms with van der Waals surface area (Å²) < 4.78 is 6.81. The van der Waals surface area contributed by atoms with Crippen molar-refractivity contribution in [3.63, 3.8) is 0 Å². The van der Waals surface area contributed by atoms with E-state index < -0.39 is 0 Å². The molecular weight excluding hydrogens is 310 g/mol. The highest BCUT2D eigenvalue weighted by molar-refractivity contribution is 5.79. The Labute approximate surface area is 151 Å². The molecule has 3 heteroatoms. The Hall–Kier alpha value is -1.87. The lowest BCUT2D eigenvalue weighted by molar-refractivity contribution is -0.911. The summed E-state index contributed by atoms with van der Waals surface area (Å²) in [5, 5.41) is 0. The number of nitrogens with zero attached hydrogens (tertiary/aromatic N) is 1. The van der Waals surface area contributed by atoms with Crippen LogP contribution in [0.4, 0.5) is 0 Å². The van der Waals surface area contributed by atoms with Gasteiger partial charge in [0, 0.05) is 12.8 Å². The summed E-state index contributed by atoms with van der Waals surface area (Å²) in [6, 6.07) is 10.1. The molecule has 0 N–H and O–H groups in total. The molecule has 0 spiro atoms. The molecule has 3 rings (SSSR count). The average molecular weight is 340 g/mol. The summed E-state index contributed by atoms with van der Waals surface area (Å²) in [6.45, 7) is 8.64. The molecule has 0 bridgehead atoms. The van der Waals surface area contributed by atoms with E-state index in [9.17, 15) is 4.79 Å². The number of rotatable bonds is 8. The van der Waals surface area contributed by atoms with Gasteiger partial charge in [0.15, 0.2) is 0 Å². The van der Waals surface area contributed by atoms with Crippen LogP contribution in [-0.2, 0) is 9.53 Å². The predicted octanol–water partition coefficient (Wildman–Crippen LogP) is 4.08. The third-order valence-electron chi connectivity index (χ3n) is 5.73. The fourth-order valence-electron chi connectivity index (χ4n) is 4.36. The maximum atomic E-state index is 12.9. The molecule has 3 nitrogen and oxygen atoms in total. The number of benzene rings is 1. The number of allylic oxidation sites excluding steroid dienone is 2. The largest absolute Gasteiger partial charge is 0.459 e. The summed E-state index contributed by atoms with van der Waals surface area (Å²) in [7, 11) is 0. The standard InChI is InChI=1S/C22H30NO2/c1-2-14-23(15-8-9-16-23)17-18-25-22(24)21(20-12-6-7-13-20)19-10-4-3-5-11-19/h2-6,10-12,20-21H,1,7-9,13-18H2/q+1/t20-,21+/m0/s1. The van der Waals surface area contributed by atoms with Gasteiger partial charge in [0.05, 0.1) is 25.6 Å². The van der Waals surface area contributed by atoms with Crippen molar-refractivity contribution in [3.8, 4) is 0 Å². The van der Waals surface area contributed by atoms with Crippen molar-refractivity contribution in [1.29, 1.82) is 0 Å². The molecule has 1 aromatic carbocycles. The lowest BCUT2D eigenvalue weighted by Gasteiger charge is -2.33. The summed E-state index contributed by atoms with van der Waals surface area (Å²) >= 11 is 0. The minimum Gasteiger partial charge on any atom is -0.459 e. The smallest absolute Gasteiger partial charge is 0.314 e. The molecule has 0 amide bonds. The molecule has 0 radical (unpaired) electrons. The topological polar surface area (TPSA) is 26.3 Å². The van der Waals surface area contributed by atoms with Crippen LogP contribution in [-0.4, -0.2) is 43.2 Å². The molecular formula is C22H30NO2+. The van der Waals surface area contributed by atoms with Crippen molar-refractivity contribution in [3.05, 3.63) is 60.7 Å². The second-order valence-electron chi connectivity index (χ2n) is 7.42. The van der Waals surface area contributed by atoms with Gasteiger partial charge in [-0.2, -0.15) is 0 Å². The number of carbonyl (C=O) groups is 1. The minimum absolute atomic E-state index is 0.0706. The summed E-state index contributed by atoms with van der Waals surface area (Å²) in [6.07, 6.45) is 11.0. The van der Waals surface area contributed by atoms with Crippen LogP contribution in [0.25, 0.3) is 0 Å². The van der Waals surface area contributed by atoms with E-state index >= 15 is 0 Å². The molecule has 2 aliphatic rings. The van der Waals surface area contributed by atoms with Crippen LogP contribution in [0, 0.1) is 5.92 Å². The van der Waals surface area contributed by atoms with E-state index in [0.717, 1.165) is 36.0 Å². The second kappa shape index (κ2) is 8.48. The Morgan fingerprint density at radius 2 is 2.04 bits per heavy atom. The highest BCUT2D eigenvalue weighted by Crippen LogP contribution is 2.34. The van der Waals surface area contributed by atoms with Crippen LogP contribution in [0.15, 0.2) is 55.1 Å². The highest BCUT2D eigenvalue weighted by Gasteiger charge is 2.33. The first-order chi connectivity index (χ1) is 12.2. The number of esters is 1. The third-order valence-corrected chi connectivity index (χ3v) is 5.73. The molecule has 1 heterocycles. The van der Waals surface area contributed by atoms with Crippen molar-refractivity contribution in [2.45, 2.75) is 31.6 Å². The first-order valence-corrected chi connectivity index (χ1v) is 9.58. The molecule has 0 aromatic heterocycles. The van der Waals surface area contributed by atoms with Crippen LogP contribution < -0.4 is 0 Å². The molecule has 1 aliphatic heterocycles. The van der Waals surface area contributed by atoms with Crippen LogP contribution >= 0.6 is 0 Å². The molecule has 1 saturated heterocycles. The molecule has 1 fully saturated rings. The van der Waals surface area contributed by atoms with E-state index in [0.29, 0.717) is 6.61 Å². The molecule has 2 atom stereocenters. The van der Waals surface area contributed by atoms with Gasteiger partial charge in [-0.1, -0.05) is 49.1 Å². The van der Waals surface area contributed by atoms with Gasteiger partial charge in [0.1, 0.15) is 13.2 Å². The van der Waals surface area contributed by atoms with Gasteiger partial charge in [-0.3, -0.25) is 4.79 Å². The lowest BCUT2D eigenvalue weighted by atomic mass is 9.85. The number of hydrogen-bond donors (Lipinski definition) is 0. The Morgan fingerprint density at radius 1 is 1.28 bits per heavy atom. The maximum absolute atomic E-state index is 12.9. The third kappa shape index (κ3) is 4.40. The molecule has 1 aliphatic carbocycles. The molecule has 134 valence electrons. The van der Waals surface area contributed by atoms with Crippen molar-refractivity contribution in [2.24, 2.45) is 5.92 Å². The molecule has 1 aromatic rings. The minimum atomic E-state index is -0.175. The zero-order valence-corrected chi connectivity index (χ0v) is 15.1. The van der Waals surface area contributed by atoms with Crippen molar-refractivity contribution in [2.75, 3.05) is 32.8 Å². The fourth-order valence-corrected chi connectivity index (χ4v) is 4.36. The van der Waals surface area contributed by atoms with Crippen molar-refractivity contribution in [1.82, 2.24) is 0 Å². The van der Waals surface area contributed by atoms with Gasteiger partial charge >= 0.3 is 5.97 Å². The van der Waals surface area contributed by atoms with Crippen LogP contribution in [0.2, 0.25) is 0 Å². The van der Waals surface area contributed by atoms with E-state index in [4.69, 9.17) is 4.74 Å². The Kier molecular flexibility index (Phi) is 6.09. The number of carbonyl (C=O) groups excluding carboxylic acids is 1. The number of ether oxygens (including phenoxy) is 1. The normalized spacial score (nSPS) is 22.6. The first-order valence-electron chi connectivity index (χ1n) is 9.58. The zero-order valence-electron chi connectivity index (χ0n) is 15.1. The van der Waals surface area contributed by atoms with E-state index in [-0.39, 0.29) is 17.8 Å². The van der Waals surface area contributed by atoms with E-state index in [1.807, 2.05) is 36.4 Å². The highest BCUT2D eigenvalue weighted by atomic mass is 16.5. The fraction of sp³-hybridized carbons (Fsp3) is 0.500.